The molecule has 0 saturated heterocycles. The zero-order valence-corrected chi connectivity index (χ0v) is 10.4. The predicted octanol–water partition coefficient (Wildman–Crippen LogP) is 2.43. The van der Waals surface area contributed by atoms with Gasteiger partial charge in [0, 0.05) is 6.04 Å². The van der Waals surface area contributed by atoms with Gasteiger partial charge in [0.1, 0.15) is 5.75 Å². The Balaban J connectivity index is 1.95. The van der Waals surface area contributed by atoms with E-state index in [0.717, 1.165) is 24.2 Å². The van der Waals surface area contributed by atoms with Crippen LogP contribution in [0.25, 0.3) is 0 Å². The Bertz CT molecular complexity index is 399. The first kappa shape index (κ1) is 12.0. The van der Waals surface area contributed by atoms with E-state index in [9.17, 15) is 4.79 Å². The van der Waals surface area contributed by atoms with E-state index in [2.05, 4.69) is 5.32 Å². The van der Waals surface area contributed by atoms with E-state index in [1.54, 1.807) is 0 Å². The predicted molar refractivity (Wildman–Crippen MR) is 67.1 cm³/mol. The maximum absolute atomic E-state index is 11.9. The summed E-state index contributed by atoms with van der Waals surface area (Å²) >= 11 is 0. The Hall–Kier alpha value is -1.51. The Labute approximate surface area is 102 Å². The van der Waals surface area contributed by atoms with Crippen LogP contribution >= 0.6 is 0 Å². The fourth-order valence-corrected chi connectivity index (χ4v) is 1.70. The zero-order valence-electron chi connectivity index (χ0n) is 10.4. The number of benzene rings is 1. The quantitative estimate of drug-likeness (QED) is 0.848. The van der Waals surface area contributed by atoms with E-state index in [0.29, 0.717) is 12.5 Å². The highest BCUT2D eigenvalue weighted by atomic mass is 16.5. The molecule has 1 aromatic carbocycles. The van der Waals surface area contributed by atoms with Crippen molar-refractivity contribution in [3.8, 4) is 5.75 Å². The maximum Gasteiger partial charge on any atom is 0.261 e. The van der Waals surface area contributed by atoms with Crippen molar-refractivity contribution in [3.63, 3.8) is 0 Å². The number of rotatable bonds is 5. The highest BCUT2D eigenvalue weighted by molar-refractivity contribution is 5.81. The van der Waals surface area contributed by atoms with Gasteiger partial charge in [0.25, 0.3) is 5.91 Å². The van der Waals surface area contributed by atoms with Crippen LogP contribution in [0.1, 0.15) is 31.7 Å². The number of carbonyl (C=O) groups excluding carboxylic acids is 1. The van der Waals surface area contributed by atoms with Crippen molar-refractivity contribution in [2.24, 2.45) is 0 Å². The second kappa shape index (κ2) is 5.21. The van der Waals surface area contributed by atoms with Crippen LogP contribution < -0.4 is 10.1 Å². The van der Waals surface area contributed by atoms with Crippen LogP contribution in [-0.2, 0) is 4.79 Å². The number of ether oxygens (including phenoxy) is 1. The van der Waals surface area contributed by atoms with Crippen LogP contribution in [0.3, 0.4) is 0 Å². The van der Waals surface area contributed by atoms with Gasteiger partial charge in [0.05, 0.1) is 0 Å². The summed E-state index contributed by atoms with van der Waals surface area (Å²) in [5.74, 6) is 0.777. The number of hydrogen-bond acceptors (Lipinski definition) is 2. The van der Waals surface area contributed by atoms with Crippen molar-refractivity contribution in [1.82, 2.24) is 5.32 Å². The van der Waals surface area contributed by atoms with Crippen LogP contribution in [0.15, 0.2) is 24.3 Å². The van der Waals surface area contributed by atoms with Crippen LogP contribution in [-0.4, -0.2) is 18.1 Å². The van der Waals surface area contributed by atoms with Crippen LogP contribution in [0, 0.1) is 6.92 Å². The van der Waals surface area contributed by atoms with Crippen molar-refractivity contribution in [2.75, 3.05) is 0 Å². The van der Waals surface area contributed by atoms with Crippen LogP contribution in [0.2, 0.25) is 0 Å². The van der Waals surface area contributed by atoms with E-state index in [4.69, 9.17) is 4.74 Å². The molecule has 17 heavy (non-hydrogen) atoms. The van der Waals surface area contributed by atoms with Gasteiger partial charge in [-0.1, -0.05) is 19.1 Å². The lowest BCUT2D eigenvalue weighted by molar-refractivity contribution is -0.128. The standard InChI is InChI=1S/C14H19NO2/c1-3-13(14(16)15-11-7-8-11)17-12-6-4-5-10(2)9-12/h4-6,9,11,13H,3,7-8H2,1-2H3,(H,15,16)/t13-/m1/s1. The van der Waals surface area contributed by atoms with Crippen molar-refractivity contribution in [3.05, 3.63) is 29.8 Å². The molecule has 1 aliphatic carbocycles. The van der Waals surface area contributed by atoms with E-state index in [-0.39, 0.29) is 12.0 Å². The molecule has 3 nitrogen and oxygen atoms in total. The summed E-state index contributed by atoms with van der Waals surface area (Å²) in [6, 6.07) is 8.18. The monoisotopic (exact) mass is 233 g/mol. The van der Waals surface area contributed by atoms with Gasteiger partial charge in [0.15, 0.2) is 6.10 Å². The summed E-state index contributed by atoms with van der Waals surface area (Å²) in [7, 11) is 0. The molecule has 2 rings (SSSR count). The second-order valence-electron chi connectivity index (χ2n) is 4.61. The minimum Gasteiger partial charge on any atom is -0.481 e. The highest BCUT2D eigenvalue weighted by Gasteiger charge is 2.27. The molecular weight excluding hydrogens is 214 g/mol. The maximum atomic E-state index is 11.9. The molecule has 0 unspecified atom stereocenters. The Morgan fingerprint density at radius 3 is 2.88 bits per heavy atom. The number of hydrogen-bond donors (Lipinski definition) is 1. The minimum atomic E-state index is -0.377. The van der Waals surface area contributed by atoms with E-state index < -0.39 is 0 Å². The second-order valence-corrected chi connectivity index (χ2v) is 4.61. The Morgan fingerprint density at radius 2 is 2.29 bits per heavy atom. The molecule has 0 radical (unpaired) electrons. The number of amides is 1. The van der Waals surface area contributed by atoms with E-state index in [1.807, 2.05) is 38.1 Å². The third-order valence-corrected chi connectivity index (χ3v) is 2.85. The third kappa shape index (κ3) is 3.48. The molecule has 0 spiro atoms. The van der Waals surface area contributed by atoms with Crippen molar-refractivity contribution >= 4 is 5.91 Å². The van der Waals surface area contributed by atoms with Gasteiger partial charge >= 0.3 is 0 Å². The first-order valence-electron chi connectivity index (χ1n) is 6.22. The smallest absolute Gasteiger partial charge is 0.261 e. The first-order valence-corrected chi connectivity index (χ1v) is 6.22. The summed E-state index contributed by atoms with van der Waals surface area (Å²) in [6.45, 7) is 3.98. The topological polar surface area (TPSA) is 38.3 Å². The molecule has 0 heterocycles. The highest BCUT2D eigenvalue weighted by Crippen LogP contribution is 2.20. The average molecular weight is 233 g/mol. The summed E-state index contributed by atoms with van der Waals surface area (Å²) in [5.41, 5.74) is 1.14. The van der Waals surface area contributed by atoms with Gasteiger partial charge in [-0.05, 0) is 43.9 Å². The van der Waals surface area contributed by atoms with Crippen molar-refractivity contribution in [2.45, 2.75) is 45.3 Å². The Kier molecular flexibility index (Phi) is 3.67. The average Bonchev–Trinajstić information content (AvgIpc) is 3.09. The normalized spacial score (nSPS) is 16.4. The number of carbonyl (C=O) groups is 1. The lowest BCUT2D eigenvalue weighted by atomic mass is 10.2. The molecule has 3 heteroatoms. The van der Waals surface area contributed by atoms with Gasteiger partial charge < -0.3 is 10.1 Å². The van der Waals surface area contributed by atoms with Gasteiger partial charge in [-0.3, -0.25) is 4.79 Å². The summed E-state index contributed by atoms with van der Waals surface area (Å²) in [6.07, 6.45) is 2.52. The van der Waals surface area contributed by atoms with Gasteiger partial charge in [0.2, 0.25) is 0 Å². The van der Waals surface area contributed by atoms with Crippen LogP contribution in [0.5, 0.6) is 5.75 Å². The fraction of sp³-hybridized carbons (Fsp3) is 0.500. The van der Waals surface area contributed by atoms with Crippen molar-refractivity contribution in [1.29, 1.82) is 0 Å². The molecule has 0 aliphatic heterocycles. The lowest BCUT2D eigenvalue weighted by Crippen LogP contribution is -2.39. The molecule has 1 N–H and O–H groups in total. The largest absolute Gasteiger partial charge is 0.481 e. The summed E-state index contributed by atoms with van der Waals surface area (Å²) < 4.78 is 5.72. The van der Waals surface area contributed by atoms with Gasteiger partial charge in [-0.2, -0.15) is 0 Å². The summed E-state index contributed by atoms with van der Waals surface area (Å²) in [4.78, 5) is 11.9. The summed E-state index contributed by atoms with van der Waals surface area (Å²) in [5, 5.41) is 2.98. The van der Waals surface area contributed by atoms with E-state index >= 15 is 0 Å². The molecule has 0 aromatic heterocycles. The first-order chi connectivity index (χ1) is 8.19. The number of aryl methyl sites for hydroxylation is 1. The molecular formula is C14H19NO2. The molecule has 1 atom stereocenters. The SMILES string of the molecule is CC[C@@H](Oc1cccc(C)c1)C(=O)NC1CC1. The molecule has 1 aromatic rings. The number of nitrogens with one attached hydrogen (secondary N) is 1. The minimum absolute atomic E-state index is 0.0107. The Morgan fingerprint density at radius 1 is 1.53 bits per heavy atom. The van der Waals surface area contributed by atoms with Crippen molar-refractivity contribution < 1.29 is 9.53 Å². The lowest BCUT2D eigenvalue weighted by Gasteiger charge is -2.17. The van der Waals surface area contributed by atoms with Crippen LogP contribution in [0.4, 0.5) is 0 Å². The molecule has 1 fully saturated rings. The molecule has 1 aliphatic rings. The zero-order chi connectivity index (χ0) is 12.3. The molecule has 1 saturated carbocycles. The third-order valence-electron chi connectivity index (χ3n) is 2.85. The molecule has 0 bridgehead atoms. The fourth-order valence-electron chi connectivity index (χ4n) is 1.70. The van der Waals surface area contributed by atoms with Gasteiger partial charge in [-0.25, -0.2) is 0 Å². The molecule has 92 valence electrons. The molecule has 1 amide bonds. The van der Waals surface area contributed by atoms with E-state index in [1.165, 1.54) is 0 Å². The van der Waals surface area contributed by atoms with Gasteiger partial charge in [-0.15, -0.1) is 0 Å².